The highest BCUT2D eigenvalue weighted by molar-refractivity contribution is 4.75. The van der Waals surface area contributed by atoms with Gasteiger partial charge in [0.25, 0.3) is 0 Å². The van der Waals surface area contributed by atoms with Gasteiger partial charge >= 0.3 is 0 Å². The minimum absolute atomic E-state index is 0.397. The fourth-order valence-electron chi connectivity index (χ4n) is 1.55. The summed E-state index contributed by atoms with van der Waals surface area (Å²) in [7, 11) is 2.18. The van der Waals surface area contributed by atoms with Crippen molar-refractivity contribution in [3.8, 4) is 0 Å². The molecule has 0 radical (unpaired) electrons. The maximum atomic E-state index is 5.79. The molecule has 2 nitrogen and oxygen atoms in total. The molecule has 0 bridgehead atoms. The molecule has 2 N–H and O–H groups in total. The van der Waals surface area contributed by atoms with E-state index >= 15 is 0 Å². The molecule has 0 unspecified atom stereocenters. The third kappa shape index (κ3) is 1.96. The monoisotopic (exact) mass is 142 g/mol. The van der Waals surface area contributed by atoms with E-state index in [2.05, 4.69) is 18.9 Å². The standard InChI is InChI=1S/C8H18N2/c1-7(9)8-3-5-10(2)6-4-8/h7-8H,3-6,9H2,1-2H3/t7-/m1/s1. The maximum Gasteiger partial charge on any atom is 0.00397 e. The SMILES string of the molecule is C[C@@H](N)C1CCN(C)CC1. The normalized spacial score (nSPS) is 26.7. The van der Waals surface area contributed by atoms with Gasteiger partial charge in [-0.1, -0.05) is 0 Å². The van der Waals surface area contributed by atoms with Crippen molar-refractivity contribution < 1.29 is 0 Å². The van der Waals surface area contributed by atoms with Gasteiger partial charge in [-0.3, -0.25) is 0 Å². The van der Waals surface area contributed by atoms with Crippen LogP contribution in [0.15, 0.2) is 0 Å². The van der Waals surface area contributed by atoms with E-state index in [1.165, 1.54) is 25.9 Å². The summed E-state index contributed by atoms with van der Waals surface area (Å²) in [5.74, 6) is 0.774. The van der Waals surface area contributed by atoms with Crippen LogP contribution in [0, 0.1) is 5.92 Å². The van der Waals surface area contributed by atoms with E-state index in [1.807, 2.05) is 0 Å². The minimum atomic E-state index is 0.397. The predicted octanol–water partition coefficient (Wildman–Crippen LogP) is 0.675. The molecule has 1 fully saturated rings. The van der Waals surface area contributed by atoms with E-state index < -0.39 is 0 Å². The molecule has 1 rings (SSSR count). The van der Waals surface area contributed by atoms with Crippen molar-refractivity contribution in [1.82, 2.24) is 4.90 Å². The van der Waals surface area contributed by atoms with E-state index in [-0.39, 0.29) is 0 Å². The molecule has 1 aliphatic rings. The van der Waals surface area contributed by atoms with Crippen molar-refractivity contribution in [2.45, 2.75) is 25.8 Å². The first-order chi connectivity index (χ1) is 4.70. The average molecular weight is 142 g/mol. The van der Waals surface area contributed by atoms with Crippen molar-refractivity contribution >= 4 is 0 Å². The van der Waals surface area contributed by atoms with E-state index in [9.17, 15) is 0 Å². The van der Waals surface area contributed by atoms with Gasteiger partial charge in [-0.2, -0.15) is 0 Å². The first-order valence-corrected chi connectivity index (χ1v) is 4.14. The third-order valence-corrected chi connectivity index (χ3v) is 2.51. The fraction of sp³-hybridized carbons (Fsp3) is 1.00. The minimum Gasteiger partial charge on any atom is -0.328 e. The van der Waals surface area contributed by atoms with Gasteiger partial charge in [0.2, 0.25) is 0 Å². The van der Waals surface area contributed by atoms with Crippen LogP contribution in [0.25, 0.3) is 0 Å². The van der Waals surface area contributed by atoms with Crippen LogP contribution in [-0.4, -0.2) is 31.1 Å². The predicted molar refractivity (Wildman–Crippen MR) is 43.9 cm³/mol. The number of nitrogens with zero attached hydrogens (tertiary/aromatic N) is 1. The summed E-state index contributed by atoms with van der Waals surface area (Å²) in [6.45, 7) is 4.58. The Kier molecular flexibility index (Phi) is 2.69. The molecule has 2 heteroatoms. The molecule has 0 spiro atoms. The van der Waals surface area contributed by atoms with E-state index in [1.54, 1.807) is 0 Å². The summed E-state index contributed by atoms with van der Waals surface area (Å²) < 4.78 is 0. The molecule has 0 amide bonds. The van der Waals surface area contributed by atoms with E-state index in [0.717, 1.165) is 5.92 Å². The van der Waals surface area contributed by atoms with E-state index in [4.69, 9.17) is 5.73 Å². The fourth-order valence-corrected chi connectivity index (χ4v) is 1.55. The van der Waals surface area contributed by atoms with Gasteiger partial charge < -0.3 is 10.6 Å². The lowest BCUT2D eigenvalue weighted by Gasteiger charge is -2.30. The molecule has 0 aliphatic carbocycles. The van der Waals surface area contributed by atoms with Crippen LogP contribution in [0.5, 0.6) is 0 Å². The molecule has 1 heterocycles. The van der Waals surface area contributed by atoms with Crippen LogP contribution in [0.2, 0.25) is 0 Å². The Morgan fingerprint density at radius 2 is 1.90 bits per heavy atom. The molecular weight excluding hydrogens is 124 g/mol. The quantitative estimate of drug-likeness (QED) is 0.583. The Labute approximate surface area is 63.4 Å². The molecule has 1 saturated heterocycles. The van der Waals surface area contributed by atoms with Crippen LogP contribution >= 0.6 is 0 Å². The highest BCUT2D eigenvalue weighted by Gasteiger charge is 2.18. The number of hydrogen-bond acceptors (Lipinski definition) is 2. The second kappa shape index (κ2) is 3.35. The van der Waals surface area contributed by atoms with Crippen molar-refractivity contribution in [2.24, 2.45) is 11.7 Å². The Bertz CT molecular complexity index is 93.4. The Hall–Kier alpha value is -0.0800. The summed E-state index contributed by atoms with van der Waals surface area (Å²) in [6, 6.07) is 0.397. The first kappa shape index (κ1) is 8.02. The van der Waals surface area contributed by atoms with Crippen LogP contribution in [0.4, 0.5) is 0 Å². The van der Waals surface area contributed by atoms with Gasteiger partial charge in [0, 0.05) is 6.04 Å². The van der Waals surface area contributed by atoms with Crippen molar-refractivity contribution in [2.75, 3.05) is 20.1 Å². The largest absolute Gasteiger partial charge is 0.328 e. The van der Waals surface area contributed by atoms with Crippen molar-refractivity contribution in [1.29, 1.82) is 0 Å². The third-order valence-electron chi connectivity index (χ3n) is 2.51. The highest BCUT2D eigenvalue weighted by atomic mass is 15.1. The number of likely N-dealkylation sites (tertiary alicyclic amines) is 1. The average Bonchev–Trinajstić information content (AvgIpc) is 1.88. The van der Waals surface area contributed by atoms with Crippen LogP contribution in [-0.2, 0) is 0 Å². The second-order valence-corrected chi connectivity index (χ2v) is 3.50. The zero-order chi connectivity index (χ0) is 7.56. The number of piperidine rings is 1. The van der Waals surface area contributed by atoms with Crippen molar-refractivity contribution in [3.05, 3.63) is 0 Å². The summed E-state index contributed by atoms with van der Waals surface area (Å²) >= 11 is 0. The molecule has 10 heavy (non-hydrogen) atoms. The topological polar surface area (TPSA) is 29.3 Å². The molecule has 0 aromatic carbocycles. The number of hydrogen-bond donors (Lipinski definition) is 1. The smallest absolute Gasteiger partial charge is 0.00397 e. The Balaban J connectivity index is 2.26. The van der Waals surface area contributed by atoms with Gasteiger partial charge in [0.15, 0.2) is 0 Å². The van der Waals surface area contributed by atoms with Crippen LogP contribution in [0.3, 0.4) is 0 Å². The molecule has 1 aliphatic heterocycles. The van der Waals surface area contributed by atoms with Gasteiger partial charge in [0.1, 0.15) is 0 Å². The molecule has 0 aromatic rings. The van der Waals surface area contributed by atoms with E-state index in [0.29, 0.717) is 6.04 Å². The van der Waals surface area contributed by atoms with Crippen LogP contribution < -0.4 is 5.73 Å². The van der Waals surface area contributed by atoms with Gasteiger partial charge in [-0.15, -0.1) is 0 Å². The lowest BCUT2D eigenvalue weighted by molar-refractivity contribution is 0.203. The van der Waals surface area contributed by atoms with Gasteiger partial charge in [-0.05, 0) is 45.8 Å². The Morgan fingerprint density at radius 3 is 2.30 bits per heavy atom. The highest BCUT2D eigenvalue weighted by Crippen LogP contribution is 2.17. The lowest BCUT2D eigenvalue weighted by atomic mass is 9.91. The number of rotatable bonds is 1. The molecule has 1 atom stereocenters. The zero-order valence-electron chi connectivity index (χ0n) is 7.01. The van der Waals surface area contributed by atoms with Gasteiger partial charge in [-0.25, -0.2) is 0 Å². The number of nitrogens with two attached hydrogens (primary N) is 1. The summed E-state index contributed by atoms with van der Waals surface area (Å²) in [6.07, 6.45) is 2.57. The molecular formula is C8H18N2. The van der Waals surface area contributed by atoms with Crippen molar-refractivity contribution in [3.63, 3.8) is 0 Å². The first-order valence-electron chi connectivity index (χ1n) is 4.14. The second-order valence-electron chi connectivity index (χ2n) is 3.50. The summed E-state index contributed by atoms with van der Waals surface area (Å²) in [5.41, 5.74) is 5.79. The molecule has 0 saturated carbocycles. The lowest BCUT2D eigenvalue weighted by Crippen LogP contribution is -2.37. The van der Waals surface area contributed by atoms with Crippen LogP contribution in [0.1, 0.15) is 19.8 Å². The zero-order valence-corrected chi connectivity index (χ0v) is 7.01. The molecule has 0 aromatic heterocycles. The summed E-state index contributed by atoms with van der Waals surface area (Å²) in [5, 5.41) is 0. The van der Waals surface area contributed by atoms with Gasteiger partial charge in [0.05, 0.1) is 0 Å². The maximum absolute atomic E-state index is 5.79. The Morgan fingerprint density at radius 1 is 1.40 bits per heavy atom. The summed E-state index contributed by atoms with van der Waals surface area (Å²) in [4.78, 5) is 2.37. The molecule has 60 valence electrons.